The van der Waals surface area contributed by atoms with Crippen LogP contribution in [-0.2, 0) is 13.1 Å². The normalized spacial score (nSPS) is 10.8. The van der Waals surface area contributed by atoms with Crippen LogP contribution in [0.4, 0.5) is 5.69 Å². The van der Waals surface area contributed by atoms with Gasteiger partial charge in [-0.15, -0.1) is 11.3 Å². The molecule has 1 N–H and O–H groups in total. The quantitative estimate of drug-likeness (QED) is 0.724. The monoisotopic (exact) mass is 302 g/mol. The predicted molar refractivity (Wildman–Crippen MR) is 94.1 cm³/mol. The summed E-state index contributed by atoms with van der Waals surface area (Å²) in [6, 6.07) is 15.3. The number of rotatable bonds is 9. The Balaban J connectivity index is 2.02. The minimum absolute atomic E-state index is 0.988. The molecule has 3 heteroatoms. The van der Waals surface area contributed by atoms with Gasteiger partial charge in [-0.3, -0.25) is 0 Å². The van der Waals surface area contributed by atoms with Crippen LogP contribution in [0.3, 0.4) is 0 Å². The fourth-order valence-electron chi connectivity index (χ4n) is 2.33. The molecule has 2 rings (SSSR count). The smallest absolute Gasteiger partial charge is 0.0522 e. The van der Waals surface area contributed by atoms with E-state index in [2.05, 4.69) is 66.5 Å². The van der Waals surface area contributed by atoms with E-state index < -0.39 is 0 Å². The van der Waals surface area contributed by atoms with Crippen molar-refractivity contribution in [2.45, 2.75) is 39.8 Å². The number of unbranched alkanes of at least 4 members (excludes halogenated alkanes) is 1. The van der Waals surface area contributed by atoms with Gasteiger partial charge in [0.25, 0.3) is 0 Å². The molecule has 114 valence electrons. The number of thiophene rings is 1. The fourth-order valence-corrected chi connectivity index (χ4v) is 3.33. The number of para-hydroxylation sites is 1. The Labute approximate surface area is 132 Å². The molecular formula is C18H26N2S. The van der Waals surface area contributed by atoms with E-state index in [1.807, 2.05) is 11.3 Å². The Bertz CT molecular complexity index is 507. The number of hydrogen-bond donors (Lipinski definition) is 1. The molecule has 0 saturated heterocycles. The summed E-state index contributed by atoms with van der Waals surface area (Å²) in [5, 5.41) is 3.39. The number of hydrogen-bond acceptors (Lipinski definition) is 3. The number of nitrogens with zero attached hydrogens (tertiary/aromatic N) is 1. The maximum Gasteiger partial charge on any atom is 0.0522 e. The van der Waals surface area contributed by atoms with Crippen LogP contribution in [0.25, 0.3) is 0 Å². The molecule has 1 aromatic heterocycles. The Hall–Kier alpha value is -1.32. The van der Waals surface area contributed by atoms with E-state index in [4.69, 9.17) is 0 Å². The van der Waals surface area contributed by atoms with E-state index in [-0.39, 0.29) is 0 Å². The van der Waals surface area contributed by atoms with Gasteiger partial charge < -0.3 is 10.2 Å². The van der Waals surface area contributed by atoms with Gasteiger partial charge in [0.1, 0.15) is 0 Å². The SMILES string of the molecule is CCCCN(Cc1ccc(CNCC)s1)c1ccccc1. The van der Waals surface area contributed by atoms with Crippen molar-refractivity contribution in [3.8, 4) is 0 Å². The molecule has 0 aliphatic carbocycles. The molecule has 0 fully saturated rings. The predicted octanol–water partition coefficient (Wildman–Crippen LogP) is 4.66. The zero-order valence-corrected chi connectivity index (χ0v) is 14.0. The highest BCUT2D eigenvalue weighted by Crippen LogP contribution is 2.22. The van der Waals surface area contributed by atoms with Crippen LogP contribution in [-0.4, -0.2) is 13.1 Å². The standard InChI is InChI=1S/C18H26N2S/c1-3-5-13-20(16-9-7-6-8-10-16)15-18-12-11-17(21-18)14-19-4-2/h6-12,19H,3-5,13-15H2,1-2H3. The Morgan fingerprint density at radius 2 is 1.76 bits per heavy atom. The molecule has 0 unspecified atom stereocenters. The molecule has 0 bridgehead atoms. The third-order valence-electron chi connectivity index (χ3n) is 3.52. The summed E-state index contributed by atoms with van der Waals surface area (Å²) in [4.78, 5) is 5.37. The van der Waals surface area contributed by atoms with Gasteiger partial charge in [-0.1, -0.05) is 38.5 Å². The van der Waals surface area contributed by atoms with Crippen LogP contribution >= 0.6 is 11.3 Å². The van der Waals surface area contributed by atoms with Crippen molar-refractivity contribution in [1.29, 1.82) is 0 Å². The van der Waals surface area contributed by atoms with Crippen LogP contribution in [0.2, 0.25) is 0 Å². The van der Waals surface area contributed by atoms with Gasteiger partial charge in [0.15, 0.2) is 0 Å². The van der Waals surface area contributed by atoms with E-state index in [1.165, 1.54) is 28.3 Å². The van der Waals surface area contributed by atoms with Crippen LogP contribution < -0.4 is 10.2 Å². The Morgan fingerprint density at radius 3 is 2.48 bits per heavy atom. The lowest BCUT2D eigenvalue weighted by Gasteiger charge is -2.24. The lowest BCUT2D eigenvalue weighted by molar-refractivity contribution is 0.720. The van der Waals surface area contributed by atoms with Gasteiger partial charge in [-0.2, -0.15) is 0 Å². The molecule has 2 nitrogen and oxygen atoms in total. The van der Waals surface area contributed by atoms with Crippen molar-refractivity contribution < 1.29 is 0 Å². The molecule has 0 aliphatic rings. The third-order valence-corrected chi connectivity index (χ3v) is 4.59. The average molecular weight is 302 g/mol. The highest BCUT2D eigenvalue weighted by atomic mass is 32.1. The summed E-state index contributed by atoms with van der Waals surface area (Å²) in [5.74, 6) is 0. The van der Waals surface area contributed by atoms with Gasteiger partial charge in [-0.25, -0.2) is 0 Å². The fraction of sp³-hybridized carbons (Fsp3) is 0.444. The second-order valence-corrected chi connectivity index (χ2v) is 6.51. The van der Waals surface area contributed by atoms with Crippen LogP contribution in [0, 0.1) is 0 Å². The third kappa shape index (κ3) is 5.18. The lowest BCUT2D eigenvalue weighted by atomic mass is 10.2. The molecule has 21 heavy (non-hydrogen) atoms. The molecule has 1 heterocycles. The van der Waals surface area contributed by atoms with Crippen LogP contribution in [0.15, 0.2) is 42.5 Å². The largest absolute Gasteiger partial charge is 0.366 e. The van der Waals surface area contributed by atoms with Gasteiger partial charge in [0.2, 0.25) is 0 Å². The summed E-state index contributed by atoms with van der Waals surface area (Å²) >= 11 is 1.93. The van der Waals surface area contributed by atoms with E-state index in [0.29, 0.717) is 0 Å². The maximum absolute atomic E-state index is 3.39. The first-order chi connectivity index (χ1) is 10.3. The molecule has 0 spiro atoms. The van der Waals surface area contributed by atoms with Gasteiger partial charge in [-0.05, 0) is 37.2 Å². The van der Waals surface area contributed by atoms with Gasteiger partial charge in [0, 0.05) is 28.5 Å². The van der Waals surface area contributed by atoms with Crippen molar-refractivity contribution in [1.82, 2.24) is 5.32 Å². The van der Waals surface area contributed by atoms with E-state index in [9.17, 15) is 0 Å². The number of anilines is 1. The molecular weight excluding hydrogens is 276 g/mol. The zero-order chi connectivity index (χ0) is 14.9. The highest BCUT2D eigenvalue weighted by Gasteiger charge is 2.08. The Morgan fingerprint density at radius 1 is 1.00 bits per heavy atom. The second-order valence-electron chi connectivity index (χ2n) is 5.26. The van der Waals surface area contributed by atoms with Crippen molar-refractivity contribution in [3.05, 3.63) is 52.2 Å². The molecule has 0 atom stereocenters. The summed E-state index contributed by atoms with van der Waals surface area (Å²) in [7, 11) is 0. The molecule has 1 aromatic carbocycles. The van der Waals surface area contributed by atoms with Crippen LogP contribution in [0.1, 0.15) is 36.4 Å². The van der Waals surface area contributed by atoms with Crippen molar-refractivity contribution >= 4 is 17.0 Å². The summed E-state index contributed by atoms with van der Waals surface area (Å²) in [5.41, 5.74) is 1.33. The van der Waals surface area contributed by atoms with E-state index >= 15 is 0 Å². The minimum Gasteiger partial charge on any atom is -0.366 e. The zero-order valence-electron chi connectivity index (χ0n) is 13.1. The summed E-state index contributed by atoms with van der Waals surface area (Å²) in [6.07, 6.45) is 2.48. The van der Waals surface area contributed by atoms with Crippen molar-refractivity contribution in [2.24, 2.45) is 0 Å². The summed E-state index contributed by atoms with van der Waals surface area (Å²) < 4.78 is 0. The van der Waals surface area contributed by atoms with Gasteiger partial charge in [0.05, 0.1) is 6.54 Å². The first kappa shape index (κ1) is 16.1. The summed E-state index contributed by atoms with van der Waals surface area (Å²) in [6.45, 7) is 8.56. The van der Waals surface area contributed by atoms with E-state index in [1.54, 1.807) is 0 Å². The molecule has 0 aliphatic heterocycles. The molecule has 0 radical (unpaired) electrons. The lowest BCUT2D eigenvalue weighted by Crippen LogP contribution is -2.23. The second kappa shape index (κ2) is 8.85. The topological polar surface area (TPSA) is 15.3 Å². The van der Waals surface area contributed by atoms with Crippen LogP contribution in [0.5, 0.6) is 0 Å². The maximum atomic E-state index is 3.39. The van der Waals surface area contributed by atoms with Crippen molar-refractivity contribution in [2.75, 3.05) is 18.0 Å². The minimum atomic E-state index is 0.988. The molecule has 0 amide bonds. The number of nitrogens with one attached hydrogen (secondary N) is 1. The first-order valence-electron chi connectivity index (χ1n) is 7.91. The Kier molecular flexibility index (Phi) is 6.77. The first-order valence-corrected chi connectivity index (χ1v) is 8.73. The van der Waals surface area contributed by atoms with Crippen molar-refractivity contribution in [3.63, 3.8) is 0 Å². The van der Waals surface area contributed by atoms with E-state index in [0.717, 1.165) is 26.2 Å². The molecule has 2 aromatic rings. The highest BCUT2D eigenvalue weighted by molar-refractivity contribution is 7.12. The molecule has 0 saturated carbocycles. The number of benzene rings is 1. The van der Waals surface area contributed by atoms with Gasteiger partial charge >= 0.3 is 0 Å². The average Bonchev–Trinajstić information content (AvgIpc) is 2.97.